The van der Waals surface area contributed by atoms with Gasteiger partial charge in [-0.25, -0.2) is 0 Å². The number of carbonyl (C=O) groups is 1. The first kappa shape index (κ1) is 21.2. The van der Waals surface area contributed by atoms with Crippen molar-refractivity contribution in [3.8, 4) is 0 Å². The Kier molecular flexibility index (Phi) is 6.46. The number of nitrogens with two attached hydrogens (primary N) is 1. The lowest BCUT2D eigenvalue weighted by Gasteiger charge is -2.36. The Morgan fingerprint density at radius 3 is 1.38 bits per heavy atom. The molecule has 0 heterocycles. The van der Waals surface area contributed by atoms with Crippen molar-refractivity contribution >= 4 is 17.7 Å². The van der Waals surface area contributed by atoms with Crippen LogP contribution in [0.5, 0.6) is 0 Å². The minimum atomic E-state index is -0.983. The summed E-state index contributed by atoms with van der Waals surface area (Å²) < 4.78 is -0.553. The maximum Gasteiger partial charge on any atom is 0.321 e. The monoisotopic (exact) mass is 405 g/mol. The fourth-order valence-electron chi connectivity index (χ4n) is 3.40. The van der Waals surface area contributed by atoms with Crippen molar-refractivity contribution in [3.05, 3.63) is 106 Å². The molecule has 3 nitrogen and oxygen atoms in total. The minimum Gasteiger partial charge on any atom is -0.480 e. The Morgan fingerprint density at radius 2 is 1.10 bits per heavy atom. The van der Waals surface area contributed by atoms with E-state index >= 15 is 0 Å². The quantitative estimate of drug-likeness (QED) is 0.540. The lowest BCUT2D eigenvalue weighted by molar-refractivity contribution is -0.137. The van der Waals surface area contributed by atoms with E-state index in [1.807, 2.05) is 0 Å². The number of carboxylic acids is 1. The van der Waals surface area contributed by atoms with Crippen molar-refractivity contribution in [2.75, 3.05) is 5.75 Å². The second-order valence-electron chi connectivity index (χ2n) is 7.53. The Balaban J connectivity index is 2.24. The van der Waals surface area contributed by atoms with Crippen molar-refractivity contribution < 1.29 is 9.90 Å². The van der Waals surface area contributed by atoms with Crippen LogP contribution in [0, 0.1) is 20.8 Å². The van der Waals surface area contributed by atoms with E-state index in [0.717, 1.165) is 16.7 Å². The summed E-state index contributed by atoms with van der Waals surface area (Å²) in [5, 5.41) is 9.36. The van der Waals surface area contributed by atoms with Crippen LogP contribution in [0.25, 0.3) is 0 Å². The van der Waals surface area contributed by atoms with E-state index in [1.54, 1.807) is 11.8 Å². The fourth-order valence-corrected chi connectivity index (χ4v) is 4.88. The van der Waals surface area contributed by atoms with E-state index in [2.05, 4.69) is 93.6 Å². The van der Waals surface area contributed by atoms with E-state index < -0.39 is 16.8 Å². The number of carboxylic acid groups (broad SMARTS) is 1. The van der Waals surface area contributed by atoms with E-state index in [4.69, 9.17) is 5.73 Å². The van der Waals surface area contributed by atoms with Crippen LogP contribution in [0.3, 0.4) is 0 Å². The highest BCUT2D eigenvalue weighted by molar-refractivity contribution is 8.00. The molecule has 3 rings (SSSR count). The molecule has 29 heavy (non-hydrogen) atoms. The van der Waals surface area contributed by atoms with Gasteiger partial charge in [0.2, 0.25) is 0 Å². The number of benzene rings is 3. The average molecular weight is 406 g/mol. The summed E-state index contributed by atoms with van der Waals surface area (Å²) in [7, 11) is 0. The molecule has 0 aliphatic carbocycles. The first-order valence-corrected chi connectivity index (χ1v) is 10.7. The van der Waals surface area contributed by atoms with Crippen LogP contribution < -0.4 is 5.73 Å². The van der Waals surface area contributed by atoms with Crippen LogP contribution >= 0.6 is 11.8 Å². The van der Waals surface area contributed by atoms with Gasteiger partial charge in [0.05, 0.1) is 4.75 Å². The maximum atomic E-state index is 11.4. The van der Waals surface area contributed by atoms with Gasteiger partial charge in [0.25, 0.3) is 0 Å². The van der Waals surface area contributed by atoms with Gasteiger partial charge >= 0.3 is 5.97 Å². The zero-order valence-electron chi connectivity index (χ0n) is 17.1. The molecule has 0 saturated carbocycles. The third-order valence-corrected chi connectivity index (χ3v) is 6.84. The topological polar surface area (TPSA) is 63.3 Å². The highest BCUT2D eigenvalue weighted by Crippen LogP contribution is 2.48. The van der Waals surface area contributed by atoms with Gasteiger partial charge in [-0.3, -0.25) is 4.79 Å². The van der Waals surface area contributed by atoms with Crippen LogP contribution in [0.1, 0.15) is 33.4 Å². The summed E-state index contributed by atoms with van der Waals surface area (Å²) >= 11 is 1.58. The minimum absolute atomic E-state index is 0.297. The molecule has 0 saturated heterocycles. The predicted octanol–water partition coefficient (Wildman–Crippen LogP) is 5.05. The lowest BCUT2D eigenvalue weighted by Crippen LogP contribution is -2.36. The Morgan fingerprint density at radius 1 is 0.793 bits per heavy atom. The van der Waals surface area contributed by atoms with Gasteiger partial charge in [-0.1, -0.05) is 89.5 Å². The van der Waals surface area contributed by atoms with E-state index in [1.165, 1.54) is 16.7 Å². The first-order valence-electron chi connectivity index (χ1n) is 9.66. The number of aryl methyl sites for hydroxylation is 3. The molecule has 4 heteroatoms. The molecule has 0 spiro atoms. The van der Waals surface area contributed by atoms with Crippen molar-refractivity contribution in [1.29, 1.82) is 0 Å². The SMILES string of the molecule is Cc1ccc(C(SC[C@@H](N)C(=O)O)(c2ccc(C)cc2)c2ccc(C)cc2)cc1. The molecule has 0 unspecified atom stereocenters. The number of hydrogen-bond donors (Lipinski definition) is 2. The third-order valence-electron chi connectivity index (χ3n) is 5.17. The molecule has 0 aliphatic heterocycles. The normalized spacial score (nSPS) is 12.6. The van der Waals surface area contributed by atoms with E-state index in [9.17, 15) is 9.90 Å². The van der Waals surface area contributed by atoms with Crippen LogP contribution in [0.15, 0.2) is 72.8 Å². The van der Waals surface area contributed by atoms with Gasteiger partial charge in [0, 0.05) is 5.75 Å². The third kappa shape index (κ3) is 4.55. The summed E-state index contributed by atoms with van der Waals surface area (Å²) in [5.41, 5.74) is 12.8. The molecule has 150 valence electrons. The first-order chi connectivity index (χ1) is 13.8. The van der Waals surface area contributed by atoms with Crippen molar-refractivity contribution in [2.24, 2.45) is 5.73 Å². The standard InChI is InChI=1S/C25H27NO2S/c1-17-4-10-20(11-5-17)25(29-16-23(26)24(27)28,21-12-6-18(2)7-13-21)22-14-8-19(3)9-15-22/h4-15,23H,16,26H2,1-3H3,(H,27,28)/t23-/m1/s1. The molecule has 1 atom stereocenters. The van der Waals surface area contributed by atoms with Crippen LogP contribution in [0.4, 0.5) is 0 Å². The number of aliphatic carboxylic acids is 1. The molecule has 3 aromatic carbocycles. The number of thioether (sulfide) groups is 1. The lowest BCUT2D eigenvalue weighted by atomic mass is 9.83. The molecule has 0 amide bonds. The van der Waals surface area contributed by atoms with Gasteiger partial charge in [-0.2, -0.15) is 0 Å². The van der Waals surface area contributed by atoms with Crippen molar-refractivity contribution in [1.82, 2.24) is 0 Å². The number of rotatable bonds is 7. The Bertz CT molecular complexity index is 852. The summed E-state index contributed by atoms with van der Waals surface area (Å²) in [6, 6.07) is 24.5. The van der Waals surface area contributed by atoms with Crippen molar-refractivity contribution in [2.45, 2.75) is 31.6 Å². The fraction of sp³-hybridized carbons (Fsp3) is 0.240. The summed E-state index contributed by atoms with van der Waals surface area (Å²) in [6.45, 7) is 6.20. The Hall–Kier alpha value is -2.56. The highest BCUT2D eigenvalue weighted by Gasteiger charge is 2.38. The Labute approximate surface area is 177 Å². The highest BCUT2D eigenvalue weighted by atomic mass is 32.2. The van der Waals surface area contributed by atoms with Crippen molar-refractivity contribution in [3.63, 3.8) is 0 Å². The molecular formula is C25H27NO2S. The molecule has 0 bridgehead atoms. The maximum absolute atomic E-state index is 11.4. The second kappa shape index (κ2) is 8.85. The summed E-state index contributed by atoms with van der Waals surface area (Å²) in [5.74, 6) is -0.687. The predicted molar refractivity (Wildman–Crippen MR) is 121 cm³/mol. The van der Waals surface area contributed by atoms with Gasteiger partial charge in [-0.15, -0.1) is 11.8 Å². The molecular weight excluding hydrogens is 378 g/mol. The smallest absolute Gasteiger partial charge is 0.321 e. The largest absolute Gasteiger partial charge is 0.480 e. The molecule has 0 fully saturated rings. The molecule has 0 aromatic heterocycles. The zero-order chi connectivity index (χ0) is 21.0. The van der Waals surface area contributed by atoms with E-state index in [-0.39, 0.29) is 0 Å². The van der Waals surface area contributed by atoms with Gasteiger partial charge in [0.1, 0.15) is 6.04 Å². The molecule has 0 aliphatic rings. The second-order valence-corrected chi connectivity index (χ2v) is 8.77. The summed E-state index contributed by atoms with van der Waals surface area (Å²) in [6.07, 6.45) is 0. The van der Waals surface area contributed by atoms with Gasteiger partial charge in [0.15, 0.2) is 0 Å². The molecule has 3 N–H and O–H groups in total. The van der Waals surface area contributed by atoms with Gasteiger partial charge in [-0.05, 0) is 37.5 Å². The van der Waals surface area contributed by atoms with E-state index in [0.29, 0.717) is 5.75 Å². The number of hydrogen-bond acceptors (Lipinski definition) is 3. The summed E-state index contributed by atoms with van der Waals surface area (Å²) in [4.78, 5) is 11.4. The van der Waals surface area contributed by atoms with Crippen LogP contribution in [-0.2, 0) is 9.54 Å². The van der Waals surface area contributed by atoms with Gasteiger partial charge < -0.3 is 10.8 Å². The zero-order valence-corrected chi connectivity index (χ0v) is 17.9. The molecule has 3 aromatic rings. The molecule has 0 radical (unpaired) electrons. The van der Waals surface area contributed by atoms with Crippen LogP contribution in [-0.4, -0.2) is 22.9 Å². The van der Waals surface area contributed by atoms with Crippen LogP contribution in [0.2, 0.25) is 0 Å². The average Bonchev–Trinajstić information content (AvgIpc) is 2.71.